The van der Waals surface area contributed by atoms with Crippen LogP contribution in [0.2, 0.25) is 0 Å². The molecule has 3 rings (SSSR count). The van der Waals surface area contributed by atoms with E-state index >= 15 is 0 Å². The van der Waals surface area contributed by atoms with Gasteiger partial charge in [-0.2, -0.15) is 0 Å². The molecule has 0 atom stereocenters. The van der Waals surface area contributed by atoms with Crippen LogP contribution in [0.3, 0.4) is 0 Å². The lowest BCUT2D eigenvalue weighted by Crippen LogP contribution is -2.37. The number of benzene rings is 2. The van der Waals surface area contributed by atoms with E-state index in [0.29, 0.717) is 22.5 Å². The van der Waals surface area contributed by atoms with E-state index in [1.807, 2.05) is 0 Å². The number of nitrogens with zero attached hydrogens (tertiary/aromatic N) is 1. The summed E-state index contributed by atoms with van der Waals surface area (Å²) >= 11 is 0. The maximum Gasteiger partial charge on any atom is 0.262 e. The molecule has 0 unspecified atom stereocenters. The fourth-order valence-corrected chi connectivity index (χ4v) is 2.60. The molecule has 0 saturated carbocycles. The topological polar surface area (TPSA) is 95.6 Å². The Morgan fingerprint density at radius 3 is 2.00 bits per heavy atom. The van der Waals surface area contributed by atoms with E-state index in [0.717, 1.165) is 4.90 Å². The first-order valence-electron chi connectivity index (χ1n) is 7.58. The molecule has 0 saturated heterocycles. The largest absolute Gasteiger partial charge is 0.326 e. The second-order valence-electron chi connectivity index (χ2n) is 5.55. The Morgan fingerprint density at radius 1 is 0.880 bits per heavy atom. The number of carbonyl (C=O) groups excluding carboxylic acids is 4. The van der Waals surface area contributed by atoms with Crippen LogP contribution in [0.1, 0.15) is 27.6 Å². The molecule has 7 heteroatoms. The van der Waals surface area contributed by atoms with Crippen molar-refractivity contribution in [1.29, 1.82) is 0 Å². The van der Waals surface area contributed by atoms with Gasteiger partial charge in [-0.1, -0.05) is 18.2 Å². The number of nitrogens with one attached hydrogen (secondary N) is 2. The molecule has 126 valence electrons. The summed E-state index contributed by atoms with van der Waals surface area (Å²) in [7, 11) is 0. The van der Waals surface area contributed by atoms with E-state index in [4.69, 9.17) is 0 Å². The van der Waals surface area contributed by atoms with E-state index in [9.17, 15) is 19.2 Å². The predicted octanol–water partition coefficient (Wildman–Crippen LogP) is 1.88. The van der Waals surface area contributed by atoms with Crippen molar-refractivity contribution in [1.82, 2.24) is 4.90 Å². The first-order chi connectivity index (χ1) is 12.0. The molecular weight excluding hydrogens is 322 g/mol. The Morgan fingerprint density at radius 2 is 1.44 bits per heavy atom. The minimum Gasteiger partial charge on any atom is -0.326 e. The van der Waals surface area contributed by atoms with Crippen LogP contribution in [0.25, 0.3) is 0 Å². The maximum absolute atomic E-state index is 12.2. The first-order valence-corrected chi connectivity index (χ1v) is 7.58. The number of hydrogen-bond donors (Lipinski definition) is 2. The molecule has 1 aliphatic rings. The molecule has 7 nitrogen and oxygen atoms in total. The van der Waals surface area contributed by atoms with Crippen molar-refractivity contribution in [2.45, 2.75) is 6.92 Å². The third-order valence-electron chi connectivity index (χ3n) is 3.65. The van der Waals surface area contributed by atoms with E-state index in [1.165, 1.54) is 6.92 Å². The SMILES string of the molecule is CC(=O)Nc1cccc(NC(=O)CN2C(=O)c3ccccc3C2=O)c1. The van der Waals surface area contributed by atoms with Gasteiger partial charge < -0.3 is 10.6 Å². The molecule has 0 radical (unpaired) electrons. The summed E-state index contributed by atoms with van der Waals surface area (Å²) in [6.45, 7) is 1.00. The highest BCUT2D eigenvalue weighted by atomic mass is 16.2. The molecule has 1 heterocycles. The molecule has 25 heavy (non-hydrogen) atoms. The Hall–Kier alpha value is -3.48. The number of carbonyl (C=O) groups is 4. The minimum atomic E-state index is -0.505. The van der Waals surface area contributed by atoms with Gasteiger partial charge in [-0.05, 0) is 30.3 Å². The van der Waals surface area contributed by atoms with Gasteiger partial charge in [0, 0.05) is 18.3 Å². The summed E-state index contributed by atoms with van der Waals surface area (Å²) in [6.07, 6.45) is 0. The monoisotopic (exact) mass is 337 g/mol. The number of rotatable bonds is 4. The summed E-state index contributed by atoms with van der Waals surface area (Å²) in [4.78, 5) is 48.7. The summed E-state index contributed by atoms with van der Waals surface area (Å²) in [6, 6.07) is 13.0. The predicted molar refractivity (Wildman–Crippen MR) is 91.2 cm³/mol. The zero-order valence-corrected chi connectivity index (χ0v) is 13.4. The molecular formula is C18H15N3O4. The molecule has 0 aliphatic carbocycles. The Bertz CT molecular complexity index is 856. The van der Waals surface area contributed by atoms with Crippen molar-refractivity contribution in [3.8, 4) is 0 Å². The molecule has 0 bridgehead atoms. The van der Waals surface area contributed by atoms with Gasteiger partial charge >= 0.3 is 0 Å². The van der Waals surface area contributed by atoms with E-state index in [2.05, 4.69) is 10.6 Å². The number of anilines is 2. The van der Waals surface area contributed by atoms with Crippen LogP contribution >= 0.6 is 0 Å². The summed E-state index contributed by atoms with van der Waals surface area (Å²) in [5.41, 5.74) is 1.58. The first kappa shape index (κ1) is 16.4. The van der Waals surface area contributed by atoms with Gasteiger partial charge in [0.1, 0.15) is 6.54 Å². The minimum absolute atomic E-state index is 0.227. The molecule has 0 aromatic heterocycles. The van der Waals surface area contributed by atoms with Crippen molar-refractivity contribution in [2.24, 2.45) is 0 Å². The smallest absolute Gasteiger partial charge is 0.262 e. The Labute approximate surface area is 143 Å². The highest BCUT2D eigenvalue weighted by molar-refractivity contribution is 6.22. The van der Waals surface area contributed by atoms with Crippen LogP contribution in [0.15, 0.2) is 48.5 Å². The number of hydrogen-bond acceptors (Lipinski definition) is 4. The van der Waals surface area contributed by atoms with Crippen LogP contribution in [-0.4, -0.2) is 35.1 Å². The highest BCUT2D eigenvalue weighted by Gasteiger charge is 2.36. The van der Waals surface area contributed by atoms with Gasteiger partial charge in [0.25, 0.3) is 11.8 Å². The molecule has 2 aromatic carbocycles. The average molecular weight is 337 g/mol. The second kappa shape index (κ2) is 6.56. The maximum atomic E-state index is 12.2. The van der Waals surface area contributed by atoms with Crippen LogP contribution < -0.4 is 10.6 Å². The normalized spacial score (nSPS) is 12.8. The summed E-state index contributed by atoms with van der Waals surface area (Å²) in [5, 5.41) is 5.22. The molecule has 0 spiro atoms. The van der Waals surface area contributed by atoms with Crippen LogP contribution in [-0.2, 0) is 9.59 Å². The van der Waals surface area contributed by atoms with Gasteiger partial charge in [0.15, 0.2) is 0 Å². The van der Waals surface area contributed by atoms with Gasteiger partial charge in [-0.3, -0.25) is 24.1 Å². The number of imide groups is 1. The molecule has 1 aliphatic heterocycles. The molecule has 2 N–H and O–H groups in total. The van der Waals surface area contributed by atoms with Gasteiger partial charge in [0.05, 0.1) is 11.1 Å². The zero-order valence-electron chi connectivity index (χ0n) is 13.4. The lowest BCUT2D eigenvalue weighted by molar-refractivity contribution is -0.116. The van der Waals surface area contributed by atoms with Crippen molar-refractivity contribution in [3.05, 3.63) is 59.7 Å². The van der Waals surface area contributed by atoms with Gasteiger partial charge in [0.2, 0.25) is 11.8 Å². The highest BCUT2D eigenvalue weighted by Crippen LogP contribution is 2.22. The third kappa shape index (κ3) is 3.40. The van der Waals surface area contributed by atoms with Crippen LogP contribution in [0.4, 0.5) is 11.4 Å². The van der Waals surface area contributed by atoms with E-state index in [-0.39, 0.29) is 12.5 Å². The standard InChI is InChI=1S/C18H15N3O4/c1-11(22)19-12-5-4-6-13(9-12)20-16(23)10-21-17(24)14-7-2-3-8-15(14)18(21)25/h2-9H,10H2,1H3,(H,19,22)(H,20,23). The van der Waals surface area contributed by atoms with Crippen LogP contribution in [0.5, 0.6) is 0 Å². The van der Waals surface area contributed by atoms with Crippen molar-refractivity contribution in [3.63, 3.8) is 0 Å². The summed E-state index contributed by atoms with van der Waals surface area (Å²) < 4.78 is 0. The van der Waals surface area contributed by atoms with Gasteiger partial charge in [-0.15, -0.1) is 0 Å². The molecule has 2 aromatic rings. The van der Waals surface area contributed by atoms with E-state index < -0.39 is 17.7 Å². The lowest BCUT2D eigenvalue weighted by atomic mass is 10.1. The quantitative estimate of drug-likeness (QED) is 0.833. The number of fused-ring (bicyclic) bond motifs is 1. The lowest BCUT2D eigenvalue weighted by Gasteiger charge is -2.14. The summed E-state index contributed by atoms with van der Waals surface area (Å²) in [5.74, 6) is -1.70. The van der Waals surface area contributed by atoms with E-state index in [1.54, 1.807) is 48.5 Å². The molecule has 0 fully saturated rings. The van der Waals surface area contributed by atoms with Gasteiger partial charge in [-0.25, -0.2) is 0 Å². The fourth-order valence-electron chi connectivity index (χ4n) is 2.60. The zero-order chi connectivity index (χ0) is 18.0. The Balaban J connectivity index is 1.69. The third-order valence-corrected chi connectivity index (χ3v) is 3.65. The second-order valence-corrected chi connectivity index (χ2v) is 5.55. The van der Waals surface area contributed by atoms with Crippen molar-refractivity contribution < 1.29 is 19.2 Å². The fraction of sp³-hybridized carbons (Fsp3) is 0.111. The average Bonchev–Trinajstić information content (AvgIpc) is 2.80. The number of amides is 4. The van der Waals surface area contributed by atoms with Crippen molar-refractivity contribution >= 4 is 35.0 Å². The van der Waals surface area contributed by atoms with Crippen LogP contribution in [0, 0.1) is 0 Å². The Kier molecular flexibility index (Phi) is 4.30. The van der Waals surface area contributed by atoms with Crippen molar-refractivity contribution in [2.75, 3.05) is 17.2 Å². The molecule has 4 amide bonds.